The van der Waals surface area contributed by atoms with E-state index in [2.05, 4.69) is 26.0 Å². The maximum absolute atomic E-state index is 12.3. The highest BCUT2D eigenvalue weighted by atomic mass is 79.9. The molecular formula is C17H19BrN2O3S. The molecule has 0 atom stereocenters. The predicted octanol–water partition coefficient (Wildman–Crippen LogP) is 3.52. The maximum Gasteiger partial charge on any atom is 0.240 e. The topological polar surface area (TPSA) is 75.3 Å². The van der Waals surface area contributed by atoms with Crippen LogP contribution in [0.2, 0.25) is 0 Å². The molecule has 0 aliphatic rings. The van der Waals surface area contributed by atoms with Gasteiger partial charge in [0.1, 0.15) is 0 Å². The summed E-state index contributed by atoms with van der Waals surface area (Å²) in [4.78, 5) is 11.8. The lowest BCUT2D eigenvalue weighted by Crippen LogP contribution is -2.23. The minimum Gasteiger partial charge on any atom is -0.326 e. The van der Waals surface area contributed by atoms with Gasteiger partial charge < -0.3 is 5.32 Å². The van der Waals surface area contributed by atoms with Gasteiger partial charge in [-0.05, 0) is 35.9 Å². The van der Waals surface area contributed by atoms with E-state index in [1.807, 2.05) is 13.8 Å². The summed E-state index contributed by atoms with van der Waals surface area (Å²) < 4.78 is 27.8. The number of amides is 1. The number of halogens is 1. The first-order valence-electron chi connectivity index (χ1n) is 7.43. The second kappa shape index (κ2) is 7.92. The Morgan fingerprint density at radius 2 is 1.79 bits per heavy atom. The zero-order valence-corrected chi connectivity index (χ0v) is 15.8. The zero-order valence-electron chi connectivity index (χ0n) is 13.4. The van der Waals surface area contributed by atoms with Crippen LogP contribution in [0.4, 0.5) is 5.69 Å². The Balaban J connectivity index is 2.00. The van der Waals surface area contributed by atoms with Crippen LogP contribution in [0.15, 0.2) is 57.9 Å². The molecule has 0 saturated carbocycles. The fourth-order valence-electron chi connectivity index (χ4n) is 1.89. The van der Waals surface area contributed by atoms with Crippen molar-refractivity contribution < 1.29 is 13.2 Å². The van der Waals surface area contributed by atoms with Gasteiger partial charge in [0.05, 0.1) is 4.90 Å². The first kappa shape index (κ1) is 18.6. The molecule has 2 rings (SSSR count). The second-order valence-electron chi connectivity index (χ2n) is 5.62. The molecule has 7 heteroatoms. The Kier molecular flexibility index (Phi) is 6.15. The Bertz CT molecular complexity index is 818. The molecule has 2 aromatic rings. The van der Waals surface area contributed by atoms with Gasteiger partial charge in [0, 0.05) is 22.6 Å². The summed E-state index contributed by atoms with van der Waals surface area (Å²) in [5, 5.41) is 2.79. The van der Waals surface area contributed by atoms with Gasteiger partial charge in [-0.15, -0.1) is 0 Å². The number of rotatable bonds is 6. The van der Waals surface area contributed by atoms with Crippen molar-refractivity contribution in [1.29, 1.82) is 0 Å². The standard InChI is InChI=1S/C17H19BrN2O3S/c1-12(2)17(21)20-15-8-6-13(7-9-15)11-19-24(22,23)16-5-3-4-14(18)10-16/h3-10,12,19H,11H2,1-2H3,(H,20,21). The van der Waals surface area contributed by atoms with Gasteiger partial charge >= 0.3 is 0 Å². The van der Waals surface area contributed by atoms with Crippen molar-refractivity contribution in [2.45, 2.75) is 25.3 Å². The smallest absolute Gasteiger partial charge is 0.240 e. The number of benzene rings is 2. The molecule has 0 spiro atoms. The molecule has 0 aliphatic heterocycles. The molecule has 0 unspecified atom stereocenters. The molecule has 0 saturated heterocycles. The van der Waals surface area contributed by atoms with Gasteiger partial charge in [-0.3, -0.25) is 4.79 Å². The van der Waals surface area contributed by atoms with Crippen LogP contribution in [-0.4, -0.2) is 14.3 Å². The number of hydrogen-bond donors (Lipinski definition) is 2. The zero-order chi connectivity index (χ0) is 17.7. The number of sulfonamides is 1. The normalized spacial score (nSPS) is 11.5. The summed E-state index contributed by atoms with van der Waals surface area (Å²) in [5.74, 6) is -0.153. The van der Waals surface area contributed by atoms with Gasteiger partial charge in [0.25, 0.3) is 0 Å². The fraction of sp³-hybridized carbons (Fsp3) is 0.235. The molecular weight excluding hydrogens is 392 g/mol. The van der Waals surface area contributed by atoms with Crippen LogP contribution < -0.4 is 10.0 Å². The van der Waals surface area contributed by atoms with Crippen molar-refractivity contribution in [2.24, 2.45) is 5.92 Å². The molecule has 0 heterocycles. The molecule has 0 radical (unpaired) electrons. The van der Waals surface area contributed by atoms with E-state index in [0.717, 1.165) is 5.56 Å². The third-order valence-electron chi connectivity index (χ3n) is 3.32. The van der Waals surface area contributed by atoms with Crippen LogP contribution in [0.5, 0.6) is 0 Å². The average Bonchev–Trinajstić information content (AvgIpc) is 2.54. The van der Waals surface area contributed by atoms with Crippen molar-refractivity contribution in [1.82, 2.24) is 4.72 Å². The Morgan fingerprint density at radius 1 is 1.12 bits per heavy atom. The van der Waals surface area contributed by atoms with Crippen molar-refractivity contribution in [3.63, 3.8) is 0 Å². The van der Waals surface area contributed by atoms with E-state index < -0.39 is 10.0 Å². The molecule has 2 aromatic carbocycles. The van der Waals surface area contributed by atoms with Crippen LogP contribution >= 0.6 is 15.9 Å². The SMILES string of the molecule is CC(C)C(=O)Nc1ccc(CNS(=O)(=O)c2cccc(Br)c2)cc1. The molecule has 5 nitrogen and oxygen atoms in total. The third kappa shape index (κ3) is 5.15. The number of carbonyl (C=O) groups excluding carboxylic acids is 1. The van der Waals surface area contributed by atoms with Crippen LogP contribution in [0.3, 0.4) is 0 Å². The maximum atomic E-state index is 12.3. The molecule has 0 bridgehead atoms. The largest absolute Gasteiger partial charge is 0.326 e. The molecule has 1 amide bonds. The van der Waals surface area contributed by atoms with Gasteiger partial charge in [0.15, 0.2) is 0 Å². The third-order valence-corrected chi connectivity index (χ3v) is 5.21. The molecule has 0 fully saturated rings. The van der Waals surface area contributed by atoms with Crippen LogP contribution in [0.1, 0.15) is 19.4 Å². The monoisotopic (exact) mass is 410 g/mol. The van der Waals surface area contributed by atoms with E-state index in [0.29, 0.717) is 10.2 Å². The van der Waals surface area contributed by atoms with E-state index in [1.54, 1.807) is 42.5 Å². The van der Waals surface area contributed by atoms with E-state index in [1.165, 1.54) is 6.07 Å². The quantitative estimate of drug-likeness (QED) is 0.764. The molecule has 24 heavy (non-hydrogen) atoms. The Hall–Kier alpha value is -1.70. The van der Waals surface area contributed by atoms with Crippen molar-refractivity contribution in [3.05, 3.63) is 58.6 Å². The summed E-state index contributed by atoms with van der Waals surface area (Å²) in [6.07, 6.45) is 0. The molecule has 0 aromatic heterocycles. The highest BCUT2D eigenvalue weighted by molar-refractivity contribution is 9.10. The fourth-order valence-corrected chi connectivity index (χ4v) is 3.50. The van der Waals surface area contributed by atoms with E-state index >= 15 is 0 Å². The van der Waals surface area contributed by atoms with Gasteiger partial charge in [-0.25, -0.2) is 13.1 Å². The Labute approximate surface area is 150 Å². The van der Waals surface area contributed by atoms with E-state index in [4.69, 9.17) is 0 Å². The van der Waals surface area contributed by atoms with Crippen LogP contribution in [0, 0.1) is 5.92 Å². The molecule has 0 aliphatic carbocycles. The summed E-state index contributed by atoms with van der Waals surface area (Å²) in [5.41, 5.74) is 1.49. The van der Waals surface area contributed by atoms with Gasteiger partial charge in [0.2, 0.25) is 15.9 Å². The number of anilines is 1. The van der Waals surface area contributed by atoms with Gasteiger partial charge in [-0.2, -0.15) is 0 Å². The second-order valence-corrected chi connectivity index (χ2v) is 8.31. The minimum absolute atomic E-state index is 0.0573. The van der Waals surface area contributed by atoms with Crippen LogP contribution in [-0.2, 0) is 21.4 Å². The van der Waals surface area contributed by atoms with Crippen molar-refractivity contribution >= 4 is 37.5 Å². The lowest BCUT2D eigenvalue weighted by Gasteiger charge is -2.10. The summed E-state index contributed by atoms with van der Waals surface area (Å²) in [6.45, 7) is 3.81. The molecule has 128 valence electrons. The van der Waals surface area contributed by atoms with Crippen molar-refractivity contribution in [3.8, 4) is 0 Å². The summed E-state index contributed by atoms with van der Waals surface area (Å²) in [6, 6.07) is 13.6. The molecule has 2 N–H and O–H groups in total. The lowest BCUT2D eigenvalue weighted by atomic mass is 10.2. The lowest BCUT2D eigenvalue weighted by molar-refractivity contribution is -0.118. The highest BCUT2D eigenvalue weighted by Gasteiger charge is 2.14. The predicted molar refractivity (Wildman–Crippen MR) is 98.1 cm³/mol. The first-order chi connectivity index (χ1) is 11.3. The summed E-state index contributed by atoms with van der Waals surface area (Å²) in [7, 11) is -3.57. The van der Waals surface area contributed by atoms with E-state index in [9.17, 15) is 13.2 Å². The van der Waals surface area contributed by atoms with Gasteiger partial charge in [-0.1, -0.05) is 48.0 Å². The summed E-state index contributed by atoms with van der Waals surface area (Å²) >= 11 is 3.26. The first-order valence-corrected chi connectivity index (χ1v) is 9.70. The number of nitrogens with one attached hydrogen (secondary N) is 2. The number of carbonyl (C=O) groups is 1. The minimum atomic E-state index is -3.57. The Morgan fingerprint density at radius 3 is 2.38 bits per heavy atom. The van der Waals surface area contributed by atoms with Crippen LogP contribution in [0.25, 0.3) is 0 Å². The average molecular weight is 411 g/mol. The van der Waals surface area contributed by atoms with Crippen molar-refractivity contribution in [2.75, 3.05) is 5.32 Å². The highest BCUT2D eigenvalue weighted by Crippen LogP contribution is 2.17. The van der Waals surface area contributed by atoms with E-state index in [-0.39, 0.29) is 23.3 Å². The number of hydrogen-bond acceptors (Lipinski definition) is 3.